The molecule has 0 amide bonds. The molecule has 0 saturated heterocycles. The Hall–Kier alpha value is -2.51. The maximum Gasteiger partial charge on any atom is 0.339 e. The van der Waals surface area contributed by atoms with E-state index in [2.05, 4.69) is 10.6 Å². The fourth-order valence-corrected chi connectivity index (χ4v) is 3.84. The van der Waals surface area contributed by atoms with Crippen molar-refractivity contribution in [3.05, 3.63) is 52.5 Å². The number of carbonyl (C=O) groups excluding carboxylic acids is 1. The third kappa shape index (κ3) is 5.15. The van der Waals surface area contributed by atoms with E-state index in [0.29, 0.717) is 22.2 Å². The van der Waals surface area contributed by atoms with Crippen molar-refractivity contribution in [2.24, 2.45) is 0 Å². The first-order chi connectivity index (χ1) is 14.2. The number of halogens is 1. The van der Waals surface area contributed by atoms with Crippen LogP contribution in [0.4, 0.5) is 5.69 Å². The van der Waals surface area contributed by atoms with Gasteiger partial charge in [-0.2, -0.15) is 0 Å². The first kappa shape index (κ1) is 22.2. The minimum atomic E-state index is -0.475. The van der Waals surface area contributed by atoms with Crippen molar-refractivity contribution < 1.29 is 19.0 Å². The molecule has 8 heteroatoms. The Morgan fingerprint density at radius 3 is 2.77 bits per heavy atom. The van der Waals surface area contributed by atoms with Crippen molar-refractivity contribution in [2.45, 2.75) is 38.8 Å². The Balaban J connectivity index is 1.78. The molecule has 1 heterocycles. The highest BCUT2D eigenvalue weighted by Crippen LogP contribution is 2.41. The molecule has 0 fully saturated rings. The van der Waals surface area contributed by atoms with Crippen LogP contribution in [0.15, 0.2) is 36.4 Å². The molecule has 0 aliphatic carbocycles. The molecule has 3 rings (SSSR count). The van der Waals surface area contributed by atoms with Gasteiger partial charge in [0, 0.05) is 17.7 Å². The second-order valence-corrected chi connectivity index (χ2v) is 8.35. The second kappa shape index (κ2) is 9.10. The summed E-state index contributed by atoms with van der Waals surface area (Å²) in [6, 6.07) is 10.7. The molecule has 0 unspecified atom stereocenters. The number of methoxy groups -OCH3 is 1. The number of fused-ring (bicyclic) bond motifs is 1. The fraction of sp³-hybridized carbons (Fsp3) is 0.364. The molecule has 0 saturated carbocycles. The molecular weight excluding hydrogens is 424 g/mol. The number of carbonyl (C=O) groups is 1. The van der Waals surface area contributed by atoms with Gasteiger partial charge in [0.2, 0.25) is 0 Å². The van der Waals surface area contributed by atoms with Crippen LogP contribution in [-0.2, 0) is 4.74 Å². The van der Waals surface area contributed by atoms with Crippen LogP contribution < -0.4 is 20.1 Å². The van der Waals surface area contributed by atoms with Gasteiger partial charge < -0.3 is 24.8 Å². The van der Waals surface area contributed by atoms with E-state index in [1.807, 2.05) is 32.0 Å². The molecule has 0 aromatic heterocycles. The van der Waals surface area contributed by atoms with Crippen LogP contribution in [0.3, 0.4) is 0 Å². The van der Waals surface area contributed by atoms with Crippen molar-refractivity contribution in [2.75, 3.05) is 19.0 Å². The predicted octanol–water partition coefficient (Wildman–Crippen LogP) is 5.11. The highest BCUT2D eigenvalue weighted by molar-refractivity contribution is 7.80. The van der Waals surface area contributed by atoms with Crippen LogP contribution in [-0.4, -0.2) is 30.4 Å². The normalized spacial score (nSPS) is 16.6. The molecule has 2 N–H and O–H groups in total. The van der Waals surface area contributed by atoms with Crippen molar-refractivity contribution >= 4 is 40.6 Å². The zero-order valence-electron chi connectivity index (χ0n) is 17.4. The number of benzene rings is 2. The lowest BCUT2D eigenvalue weighted by molar-refractivity contribution is 0.0526. The van der Waals surface area contributed by atoms with E-state index in [1.54, 1.807) is 32.2 Å². The fourth-order valence-electron chi connectivity index (χ4n) is 3.38. The van der Waals surface area contributed by atoms with E-state index < -0.39 is 5.97 Å². The summed E-state index contributed by atoms with van der Waals surface area (Å²) in [4.78, 5) is 12.1. The van der Waals surface area contributed by atoms with Crippen LogP contribution in [0.2, 0.25) is 5.02 Å². The summed E-state index contributed by atoms with van der Waals surface area (Å²) in [6.07, 6.45) is 0.712. The minimum absolute atomic E-state index is 0.0734. The summed E-state index contributed by atoms with van der Waals surface area (Å²) in [6.45, 7) is 6.09. The number of rotatable bonds is 5. The topological polar surface area (TPSA) is 68.8 Å². The third-order valence-corrected chi connectivity index (χ3v) is 5.25. The Kier molecular flexibility index (Phi) is 6.73. The van der Waals surface area contributed by atoms with E-state index in [0.717, 1.165) is 17.1 Å². The Morgan fingerprint density at radius 1 is 1.30 bits per heavy atom. The zero-order valence-corrected chi connectivity index (χ0v) is 18.9. The zero-order chi connectivity index (χ0) is 21.9. The molecule has 30 heavy (non-hydrogen) atoms. The number of thiocarbonyl (C=S) groups is 1. The summed E-state index contributed by atoms with van der Waals surface area (Å²) in [5.41, 5.74) is 1.54. The molecule has 1 aliphatic rings. The molecular formula is C22H25ClN2O4S. The smallest absolute Gasteiger partial charge is 0.339 e. The van der Waals surface area contributed by atoms with Gasteiger partial charge in [-0.05, 0) is 69.4 Å². The van der Waals surface area contributed by atoms with E-state index in [1.165, 1.54) is 0 Å². The first-order valence-corrected chi connectivity index (χ1v) is 10.4. The molecule has 1 aliphatic heterocycles. The lowest BCUT2D eigenvalue weighted by Crippen LogP contribution is -2.42. The van der Waals surface area contributed by atoms with Crippen LogP contribution in [0, 0.1) is 0 Å². The third-order valence-electron chi connectivity index (χ3n) is 4.70. The lowest BCUT2D eigenvalue weighted by atomic mass is 9.89. The number of nitrogens with one attached hydrogen (secondary N) is 2. The largest absolute Gasteiger partial charge is 0.497 e. The van der Waals surface area contributed by atoms with Gasteiger partial charge in [-0.15, -0.1) is 0 Å². The summed E-state index contributed by atoms with van der Waals surface area (Å²) in [7, 11) is 1.63. The Labute approximate surface area is 186 Å². The highest BCUT2D eigenvalue weighted by Gasteiger charge is 2.34. The van der Waals surface area contributed by atoms with E-state index in [-0.39, 0.29) is 23.8 Å². The summed E-state index contributed by atoms with van der Waals surface area (Å²) in [5.74, 6) is 1.07. The lowest BCUT2D eigenvalue weighted by Gasteiger charge is -2.38. The van der Waals surface area contributed by atoms with Gasteiger partial charge in [0.25, 0.3) is 0 Å². The summed E-state index contributed by atoms with van der Waals surface area (Å²) >= 11 is 11.7. The maximum atomic E-state index is 12.1. The van der Waals surface area contributed by atoms with Gasteiger partial charge in [-0.1, -0.05) is 11.6 Å². The quantitative estimate of drug-likeness (QED) is 0.486. The standard InChI is InChI=1S/C22H25ClN2O4S/c1-5-28-20(26)15-10-13(6-8-17(15)23)24-21(30)25-18-12-22(2,3)29-19-9-7-14(27-4)11-16(18)19/h6-11,18H,5,12H2,1-4H3,(H2,24,25,30)/t18-/m1/s1. The number of hydrogen-bond donors (Lipinski definition) is 2. The molecule has 6 nitrogen and oxygen atoms in total. The molecule has 2 aromatic rings. The van der Waals surface area contributed by atoms with E-state index >= 15 is 0 Å². The van der Waals surface area contributed by atoms with Crippen molar-refractivity contribution in [1.82, 2.24) is 5.32 Å². The average Bonchev–Trinajstić information content (AvgIpc) is 2.68. The number of anilines is 1. The predicted molar refractivity (Wildman–Crippen MR) is 122 cm³/mol. The second-order valence-electron chi connectivity index (χ2n) is 7.54. The van der Waals surface area contributed by atoms with Gasteiger partial charge in [-0.25, -0.2) is 4.79 Å². The average molecular weight is 449 g/mol. The van der Waals surface area contributed by atoms with Gasteiger partial charge >= 0.3 is 5.97 Å². The Bertz CT molecular complexity index is 964. The van der Waals surface area contributed by atoms with Crippen LogP contribution in [0.1, 0.15) is 49.2 Å². The summed E-state index contributed by atoms with van der Waals surface area (Å²) in [5, 5.41) is 7.22. The van der Waals surface area contributed by atoms with E-state index in [4.69, 9.17) is 38.0 Å². The molecule has 0 spiro atoms. The molecule has 2 aromatic carbocycles. The van der Waals surface area contributed by atoms with Gasteiger partial charge in [0.1, 0.15) is 17.1 Å². The first-order valence-electron chi connectivity index (χ1n) is 9.63. The molecule has 0 radical (unpaired) electrons. The van der Waals surface area contributed by atoms with Crippen molar-refractivity contribution in [3.63, 3.8) is 0 Å². The Morgan fingerprint density at radius 2 is 2.07 bits per heavy atom. The van der Waals surface area contributed by atoms with Crippen LogP contribution >= 0.6 is 23.8 Å². The summed E-state index contributed by atoms with van der Waals surface area (Å²) < 4.78 is 16.5. The van der Waals surface area contributed by atoms with Crippen LogP contribution in [0.25, 0.3) is 0 Å². The molecule has 0 bridgehead atoms. The van der Waals surface area contributed by atoms with Gasteiger partial charge in [0.05, 0.1) is 30.3 Å². The molecule has 1 atom stereocenters. The monoisotopic (exact) mass is 448 g/mol. The van der Waals surface area contributed by atoms with E-state index in [9.17, 15) is 4.79 Å². The SMILES string of the molecule is CCOC(=O)c1cc(NC(=S)N[C@@H]2CC(C)(C)Oc3ccc(OC)cc32)ccc1Cl. The molecule has 160 valence electrons. The number of esters is 1. The maximum absolute atomic E-state index is 12.1. The van der Waals surface area contributed by atoms with Gasteiger partial charge in [0.15, 0.2) is 5.11 Å². The minimum Gasteiger partial charge on any atom is -0.497 e. The number of hydrogen-bond acceptors (Lipinski definition) is 5. The van der Waals surface area contributed by atoms with Crippen LogP contribution in [0.5, 0.6) is 11.5 Å². The number of ether oxygens (including phenoxy) is 3. The van der Waals surface area contributed by atoms with Crippen molar-refractivity contribution in [1.29, 1.82) is 0 Å². The van der Waals surface area contributed by atoms with Gasteiger partial charge in [-0.3, -0.25) is 0 Å². The highest BCUT2D eigenvalue weighted by atomic mass is 35.5. The van der Waals surface area contributed by atoms with Crippen molar-refractivity contribution in [3.8, 4) is 11.5 Å².